The summed E-state index contributed by atoms with van der Waals surface area (Å²) in [6.45, 7) is 4.02. The first kappa shape index (κ1) is 14.9. The van der Waals surface area contributed by atoms with Crippen LogP contribution in [-0.4, -0.2) is 9.91 Å². The molecule has 0 fully saturated rings. The van der Waals surface area contributed by atoms with Crippen molar-refractivity contribution in [3.05, 3.63) is 50.0 Å². The minimum Gasteiger partial charge on any atom is -0.376 e. The van der Waals surface area contributed by atoms with E-state index in [9.17, 15) is 10.1 Å². The van der Waals surface area contributed by atoms with Crippen molar-refractivity contribution in [2.75, 3.05) is 5.32 Å². The largest absolute Gasteiger partial charge is 0.376 e. The SMILES string of the molecule is CCc1cnc(C(C)Nc2ccc(C#N)c([N+](=O)[O-])c2)s1. The Morgan fingerprint density at radius 3 is 2.90 bits per heavy atom. The fraction of sp³-hybridized carbons (Fsp3) is 0.286. The van der Waals surface area contributed by atoms with Crippen molar-refractivity contribution in [1.29, 1.82) is 5.26 Å². The molecule has 0 radical (unpaired) electrons. The minimum absolute atomic E-state index is 0.0529. The molecule has 0 spiro atoms. The molecule has 1 N–H and O–H groups in total. The average molecular weight is 302 g/mol. The predicted molar refractivity (Wildman–Crippen MR) is 81.3 cm³/mol. The van der Waals surface area contributed by atoms with E-state index in [1.807, 2.05) is 19.2 Å². The number of hydrogen-bond donors (Lipinski definition) is 1. The standard InChI is InChI=1S/C14H14N4O2S/c1-3-12-8-16-14(21-12)9(2)17-11-5-4-10(7-15)13(6-11)18(19)20/h4-6,8-9,17H,3H2,1-2H3. The van der Waals surface area contributed by atoms with Gasteiger partial charge in [0.2, 0.25) is 0 Å². The van der Waals surface area contributed by atoms with Crippen LogP contribution in [0.25, 0.3) is 0 Å². The molecule has 0 amide bonds. The molecule has 0 aliphatic rings. The molecule has 0 aliphatic heterocycles. The maximum absolute atomic E-state index is 10.9. The Labute approximate surface area is 126 Å². The van der Waals surface area contributed by atoms with Gasteiger partial charge in [0.15, 0.2) is 0 Å². The molecule has 6 nitrogen and oxygen atoms in total. The van der Waals surface area contributed by atoms with Gasteiger partial charge in [0.1, 0.15) is 16.6 Å². The number of hydrogen-bond acceptors (Lipinski definition) is 6. The lowest BCUT2D eigenvalue weighted by Gasteiger charge is -2.12. The Morgan fingerprint density at radius 2 is 2.33 bits per heavy atom. The zero-order valence-corrected chi connectivity index (χ0v) is 12.5. The maximum Gasteiger partial charge on any atom is 0.289 e. The van der Waals surface area contributed by atoms with E-state index in [2.05, 4.69) is 17.2 Å². The van der Waals surface area contributed by atoms with Crippen molar-refractivity contribution in [3.8, 4) is 6.07 Å². The molecular weight excluding hydrogens is 288 g/mol. The van der Waals surface area contributed by atoms with E-state index in [0.717, 1.165) is 11.4 Å². The molecule has 21 heavy (non-hydrogen) atoms. The van der Waals surface area contributed by atoms with E-state index < -0.39 is 4.92 Å². The van der Waals surface area contributed by atoms with E-state index in [1.54, 1.807) is 17.4 Å². The summed E-state index contributed by atoms with van der Waals surface area (Å²) in [6.07, 6.45) is 2.78. The Hall–Kier alpha value is -2.46. The van der Waals surface area contributed by atoms with Crippen molar-refractivity contribution in [2.24, 2.45) is 0 Å². The highest BCUT2D eigenvalue weighted by Crippen LogP contribution is 2.27. The fourth-order valence-corrected chi connectivity index (χ4v) is 2.72. The fourth-order valence-electron chi connectivity index (χ4n) is 1.87. The van der Waals surface area contributed by atoms with Crippen LogP contribution in [0, 0.1) is 21.4 Å². The molecule has 0 saturated heterocycles. The van der Waals surface area contributed by atoms with Gasteiger partial charge in [-0.15, -0.1) is 11.3 Å². The lowest BCUT2D eigenvalue weighted by Crippen LogP contribution is -2.06. The number of nitrogens with one attached hydrogen (secondary N) is 1. The van der Waals surface area contributed by atoms with Gasteiger partial charge in [-0.05, 0) is 25.5 Å². The number of rotatable bonds is 5. The lowest BCUT2D eigenvalue weighted by atomic mass is 10.1. The van der Waals surface area contributed by atoms with Gasteiger partial charge in [-0.1, -0.05) is 6.92 Å². The number of benzene rings is 1. The Balaban J connectivity index is 2.21. The van der Waals surface area contributed by atoms with Crippen LogP contribution >= 0.6 is 11.3 Å². The van der Waals surface area contributed by atoms with E-state index >= 15 is 0 Å². The normalized spacial score (nSPS) is 11.7. The number of nitro groups is 1. The number of thiazole rings is 1. The molecule has 1 aromatic heterocycles. The first-order valence-electron chi connectivity index (χ1n) is 6.44. The third-order valence-electron chi connectivity index (χ3n) is 2.99. The number of aromatic nitrogens is 1. The number of aryl methyl sites for hydroxylation is 1. The number of nitrogens with zero attached hydrogens (tertiary/aromatic N) is 3. The second-order valence-corrected chi connectivity index (χ2v) is 5.63. The van der Waals surface area contributed by atoms with E-state index in [0.29, 0.717) is 5.69 Å². The van der Waals surface area contributed by atoms with Crippen molar-refractivity contribution >= 4 is 22.7 Å². The van der Waals surface area contributed by atoms with Crippen molar-refractivity contribution < 1.29 is 4.92 Å². The molecule has 1 atom stereocenters. The third kappa shape index (κ3) is 3.35. The van der Waals surface area contributed by atoms with E-state index in [-0.39, 0.29) is 17.3 Å². The van der Waals surface area contributed by atoms with Gasteiger partial charge in [0, 0.05) is 22.8 Å². The maximum atomic E-state index is 10.9. The molecule has 1 unspecified atom stereocenters. The smallest absolute Gasteiger partial charge is 0.289 e. The first-order valence-corrected chi connectivity index (χ1v) is 7.26. The van der Waals surface area contributed by atoms with Crippen LogP contribution in [0.2, 0.25) is 0 Å². The molecule has 1 aromatic carbocycles. The summed E-state index contributed by atoms with van der Waals surface area (Å²) in [5.41, 5.74) is 0.463. The van der Waals surface area contributed by atoms with Crippen molar-refractivity contribution in [1.82, 2.24) is 4.98 Å². The molecular formula is C14H14N4O2S. The summed E-state index contributed by atoms with van der Waals surface area (Å²) in [7, 11) is 0. The average Bonchev–Trinajstić information content (AvgIpc) is 2.96. The second kappa shape index (κ2) is 6.33. The van der Waals surface area contributed by atoms with Gasteiger partial charge in [0.05, 0.1) is 11.0 Å². The van der Waals surface area contributed by atoms with Crippen LogP contribution in [0.1, 0.15) is 35.3 Å². The predicted octanol–water partition coefficient (Wildman–Crippen LogP) is 3.66. The molecule has 0 bridgehead atoms. The number of anilines is 1. The zero-order chi connectivity index (χ0) is 15.4. The highest BCUT2D eigenvalue weighted by molar-refractivity contribution is 7.11. The van der Waals surface area contributed by atoms with Crippen LogP contribution in [-0.2, 0) is 6.42 Å². The quantitative estimate of drug-likeness (QED) is 0.672. The summed E-state index contributed by atoms with van der Waals surface area (Å²) in [5.74, 6) is 0. The van der Waals surface area contributed by atoms with Crippen molar-refractivity contribution in [3.63, 3.8) is 0 Å². The summed E-state index contributed by atoms with van der Waals surface area (Å²) in [4.78, 5) is 15.9. The monoisotopic (exact) mass is 302 g/mol. The third-order valence-corrected chi connectivity index (χ3v) is 4.31. The number of nitriles is 1. The van der Waals surface area contributed by atoms with Crippen LogP contribution < -0.4 is 5.32 Å². The first-order chi connectivity index (χ1) is 10.0. The molecule has 1 heterocycles. The molecule has 2 aromatic rings. The van der Waals surface area contributed by atoms with Gasteiger partial charge in [0.25, 0.3) is 5.69 Å². The van der Waals surface area contributed by atoms with Crippen LogP contribution in [0.3, 0.4) is 0 Å². The molecule has 7 heteroatoms. The zero-order valence-electron chi connectivity index (χ0n) is 11.7. The topological polar surface area (TPSA) is 91.8 Å². The minimum atomic E-state index is -0.549. The van der Waals surface area contributed by atoms with E-state index in [1.165, 1.54) is 17.0 Å². The highest BCUT2D eigenvalue weighted by Gasteiger charge is 2.16. The van der Waals surface area contributed by atoms with Crippen molar-refractivity contribution in [2.45, 2.75) is 26.3 Å². The molecule has 0 saturated carbocycles. The second-order valence-electron chi connectivity index (χ2n) is 4.49. The lowest BCUT2D eigenvalue weighted by molar-refractivity contribution is -0.385. The Morgan fingerprint density at radius 1 is 1.57 bits per heavy atom. The molecule has 108 valence electrons. The number of nitro benzene ring substituents is 1. The Bertz CT molecular complexity index is 705. The van der Waals surface area contributed by atoms with Crippen LogP contribution in [0.5, 0.6) is 0 Å². The highest BCUT2D eigenvalue weighted by atomic mass is 32.1. The summed E-state index contributed by atoms with van der Waals surface area (Å²) < 4.78 is 0. The van der Waals surface area contributed by atoms with Gasteiger partial charge >= 0.3 is 0 Å². The summed E-state index contributed by atoms with van der Waals surface area (Å²) >= 11 is 1.62. The van der Waals surface area contributed by atoms with Crippen LogP contribution in [0.15, 0.2) is 24.4 Å². The summed E-state index contributed by atoms with van der Waals surface area (Å²) in [6, 6.07) is 6.26. The molecule has 2 rings (SSSR count). The van der Waals surface area contributed by atoms with Gasteiger partial charge < -0.3 is 5.32 Å². The van der Waals surface area contributed by atoms with Gasteiger partial charge in [-0.3, -0.25) is 10.1 Å². The molecule has 0 aliphatic carbocycles. The van der Waals surface area contributed by atoms with E-state index in [4.69, 9.17) is 5.26 Å². The van der Waals surface area contributed by atoms with Crippen LogP contribution in [0.4, 0.5) is 11.4 Å². The van der Waals surface area contributed by atoms with Gasteiger partial charge in [-0.25, -0.2) is 4.98 Å². The Kier molecular flexibility index (Phi) is 4.50. The summed E-state index contributed by atoms with van der Waals surface area (Å²) in [5, 5.41) is 23.9. The van der Waals surface area contributed by atoms with Gasteiger partial charge in [-0.2, -0.15) is 5.26 Å².